The number of hydrogen-bond donors (Lipinski definition) is 0. The van der Waals surface area contributed by atoms with Crippen LogP contribution in [0, 0.1) is 0 Å². The van der Waals surface area contributed by atoms with Crippen molar-refractivity contribution in [2.24, 2.45) is 0 Å². The van der Waals surface area contributed by atoms with Crippen molar-refractivity contribution in [1.29, 1.82) is 0 Å². The van der Waals surface area contributed by atoms with E-state index in [1.165, 1.54) is 148 Å². The molecule has 0 radical (unpaired) electrons. The fourth-order valence-corrected chi connectivity index (χ4v) is 8.47. The van der Waals surface area contributed by atoms with E-state index in [0.29, 0.717) is 19.3 Å². The summed E-state index contributed by atoms with van der Waals surface area (Å²) in [5, 5.41) is 0. The van der Waals surface area contributed by atoms with Crippen molar-refractivity contribution in [2.45, 2.75) is 303 Å². The minimum atomic E-state index is -0.802. The van der Waals surface area contributed by atoms with Crippen LogP contribution in [0.2, 0.25) is 0 Å². The molecule has 0 aromatic carbocycles. The number of unbranched alkanes of at least 4 members (excludes halogenated alkanes) is 31. The summed E-state index contributed by atoms with van der Waals surface area (Å²) in [6.45, 7) is 6.48. The summed E-state index contributed by atoms with van der Waals surface area (Å²) in [7, 11) is 0. The summed E-state index contributed by atoms with van der Waals surface area (Å²) in [6, 6.07) is 0. The first-order valence-corrected chi connectivity index (χ1v) is 29.9. The Labute approximate surface area is 433 Å². The number of esters is 3. The average Bonchev–Trinajstić information content (AvgIpc) is 3.36. The first-order valence-electron chi connectivity index (χ1n) is 29.9. The molecule has 6 heteroatoms. The van der Waals surface area contributed by atoms with Gasteiger partial charge in [-0.05, 0) is 89.9 Å². The van der Waals surface area contributed by atoms with Crippen LogP contribution in [0.5, 0.6) is 0 Å². The molecule has 0 aliphatic rings. The van der Waals surface area contributed by atoms with Crippen LogP contribution < -0.4 is 0 Å². The molecule has 0 aromatic heterocycles. The Balaban J connectivity index is 4.36. The molecule has 0 rings (SSSR count). The van der Waals surface area contributed by atoms with Gasteiger partial charge in [0.1, 0.15) is 13.2 Å². The third-order valence-electron chi connectivity index (χ3n) is 12.9. The van der Waals surface area contributed by atoms with Crippen LogP contribution in [-0.2, 0) is 28.6 Å². The van der Waals surface area contributed by atoms with Crippen molar-refractivity contribution in [3.63, 3.8) is 0 Å². The normalized spacial score (nSPS) is 12.6. The van der Waals surface area contributed by atoms with Gasteiger partial charge in [-0.2, -0.15) is 0 Å². The molecule has 0 saturated heterocycles. The lowest BCUT2D eigenvalue weighted by atomic mass is 10.0. The van der Waals surface area contributed by atoms with Gasteiger partial charge in [-0.25, -0.2) is 0 Å². The zero-order chi connectivity index (χ0) is 50.7. The van der Waals surface area contributed by atoms with E-state index in [0.717, 1.165) is 103 Å². The molecular weight excluding hydrogens is 865 g/mol. The van der Waals surface area contributed by atoms with E-state index in [9.17, 15) is 14.4 Å². The number of allylic oxidation sites excluding steroid dienone is 12. The van der Waals surface area contributed by atoms with Crippen molar-refractivity contribution in [2.75, 3.05) is 13.2 Å². The van der Waals surface area contributed by atoms with Gasteiger partial charge in [-0.15, -0.1) is 0 Å². The van der Waals surface area contributed by atoms with E-state index in [4.69, 9.17) is 14.2 Å². The lowest BCUT2D eigenvalue weighted by Gasteiger charge is -2.18. The maximum absolute atomic E-state index is 12.8. The molecule has 0 aliphatic carbocycles. The van der Waals surface area contributed by atoms with Crippen LogP contribution in [0.15, 0.2) is 72.9 Å². The SMILES string of the molecule is CC/C=C\C/C=C\C/C=C\C/C=C\CCCCC(=O)OC(COC(=O)CCCCCCC/C=C\C/C=C\CCCCC)COC(=O)CCCCCCCCCCCCCCCCCCCCCCCC. The van der Waals surface area contributed by atoms with Gasteiger partial charge in [0.05, 0.1) is 0 Å². The largest absolute Gasteiger partial charge is 0.462 e. The number of hydrogen-bond acceptors (Lipinski definition) is 6. The number of carbonyl (C=O) groups excluding carboxylic acids is 3. The fourth-order valence-electron chi connectivity index (χ4n) is 8.47. The fraction of sp³-hybridized carbons (Fsp3) is 0.766. The molecular formula is C64H112O6. The Bertz CT molecular complexity index is 1310. The first kappa shape index (κ1) is 66.9. The van der Waals surface area contributed by atoms with E-state index in [-0.39, 0.29) is 37.5 Å². The molecule has 0 fully saturated rings. The Kier molecular flexibility index (Phi) is 55.8. The molecule has 0 spiro atoms. The third-order valence-corrected chi connectivity index (χ3v) is 12.9. The minimum absolute atomic E-state index is 0.0944. The second-order valence-electron chi connectivity index (χ2n) is 19.9. The van der Waals surface area contributed by atoms with Crippen LogP contribution in [0.3, 0.4) is 0 Å². The van der Waals surface area contributed by atoms with E-state index in [1.807, 2.05) is 0 Å². The zero-order valence-corrected chi connectivity index (χ0v) is 46.3. The molecule has 1 unspecified atom stereocenters. The summed E-state index contributed by atoms with van der Waals surface area (Å²) in [5.74, 6) is -0.940. The number of ether oxygens (including phenoxy) is 3. The van der Waals surface area contributed by atoms with Gasteiger partial charge < -0.3 is 14.2 Å². The Morgan fingerprint density at radius 1 is 0.300 bits per heavy atom. The highest BCUT2D eigenvalue weighted by Gasteiger charge is 2.19. The smallest absolute Gasteiger partial charge is 0.306 e. The highest BCUT2D eigenvalue weighted by molar-refractivity contribution is 5.71. The molecule has 6 nitrogen and oxygen atoms in total. The molecule has 0 N–H and O–H groups in total. The van der Waals surface area contributed by atoms with Crippen LogP contribution in [0.1, 0.15) is 297 Å². The number of rotatable bonds is 54. The predicted molar refractivity (Wildman–Crippen MR) is 302 cm³/mol. The topological polar surface area (TPSA) is 78.9 Å². The Hall–Kier alpha value is -3.15. The lowest BCUT2D eigenvalue weighted by Crippen LogP contribution is -2.30. The molecule has 1 atom stereocenters. The maximum atomic E-state index is 12.8. The monoisotopic (exact) mass is 977 g/mol. The van der Waals surface area contributed by atoms with E-state index in [2.05, 4.69) is 93.7 Å². The Morgan fingerprint density at radius 2 is 0.557 bits per heavy atom. The van der Waals surface area contributed by atoms with E-state index < -0.39 is 6.10 Å². The van der Waals surface area contributed by atoms with Crippen LogP contribution >= 0.6 is 0 Å². The predicted octanol–water partition coefficient (Wildman–Crippen LogP) is 20.2. The second-order valence-corrected chi connectivity index (χ2v) is 19.9. The molecule has 0 heterocycles. The van der Waals surface area contributed by atoms with Gasteiger partial charge in [-0.3, -0.25) is 14.4 Å². The number of carbonyl (C=O) groups is 3. The van der Waals surface area contributed by atoms with Crippen LogP contribution in [0.4, 0.5) is 0 Å². The molecule has 404 valence electrons. The summed E-state index contributed by atoms with van der Waals surface area (Å²) in [6.07, 6.45) is 74.8. The summed E-state index contributed by atoms with van der Waals surface area (Å²) >= 11 is 0. The van der Waals surface area contributed by atoms with Crippen LogP contribution in [-0.4, -0.2) is 37.2 Å². The van der Waals surface area contributed by atoms with Crippen molar-refractivity contribution < 1.29 is 28.6 Å². The molecule has 70 heavy (non-hydrogen) atoms. The zero-order valence-electron chi connectivity index (χ0n) is 46.3. The molecule has 0 aromatic rings. The van der Waals surface area contributed by atoms with Crippen LogP contribution in [0.25, 0.3) is 0 Å². The van der Waals surface area contributed by atoms with Gasteiger partial charge in [0, 0.05) is 19.3 Å². The highest BCUT2D eigenvalue weighted by atomic mass is 16.6. The maximum Gasteiger partial charge on any atom is 0.306 e. The lowest BCUT2D eigenvalue weighted by molar-refractivity contribution is -0.167. The van der Waals surface area contributed by atoms with E-state index in [1.54, 1.807) is 0 Å². The first-order chi connectivity index (χ1) is 34.5. The third kappa shape index (κ3) is 55.8. The molecule has 0 bridgehead atoms. The van der Waals surface area contributed by atoms with Crippen molar-refractivity contribution >= 4 is 17.9 Å². The minimum Gasteiger partial charge on any atom is -0.462 e. The highest BCUT2D eigenvalue weighted by Crippen LogP contribution is 2.17. The van der Waals surface area contributed by atoms with Crippen molar-refractivity contribution in [1.82, 2.24) is 0 Å². The molecule has 0 saturated carbocycles. The van der Waals surface area contributed by atoms with Crippen molar-refractivity contribution in [3.05, 3.63) is 72.9 Å². The van der Waals surface area contributed by atoms with Gasteiger partial charge in [0.2, 0.25) is 0 Å². The summed E-state index contributed by atoms with van der Waals surface area (Å²) in [4.78, 5) is 38.2. The quantitative estimate of drug-likeness (QED) is 0.0261. The van der Waals surface area contributed by atoms with E-state index >= 15 is 0 Å². The average molecular weight is 978 g/mol. The summed E-state index contributed by atoms with van der Waals surface area (Å²) < 4.78 is 16.8. The van der Waals surface area contributed by atoms with Gasteiger partial charge >= 0.3 is 17.9 Å². The second kappa shape index (κ2) is 58.4. The summed E-state index contributed by atoms with van der Waals surface area (Å²) in [5.41, 5.74) is 0. The van der Waals surface area contributed by atoms with Gasteiger partial charge in [0.15, 0.2) is 6.10 Å². The van der Waals surface area contributed by atoms with Crippen molar-refractivity contribution in [3.8, 4) is 0 Å². The molecule has 0 amide bonds. The standard InChI is InChI=1S/C64H112O6/c1-4-7-10-13-16-19-22-25-28-29-30-31-32-33-34-37-39-42-45-48-51-54-57-63(66)69-60-61(70-64(67)58-55-52-49-46-43-40-36-27-24-21-18-15-12-9-6-3)59-68-62(65)56-53-50-47-44-41-38-35-26-23-20-17-14-11-8-5-2/h9,12,17-18,20-21,26-27,35-36,43,46,61H,4-8,10-11,13-16,19,22-25,28-34,37-42,44-45,47-60H2,1-3H3/b12-9-,20-17-,21-18-,35-26-,36-27-,46-43-. The van der Waals surface area contributed by atoms with Gasteiger partial charge in [0.25, 0.3) is 0 Å². The molecule has 0 aliphatic heterocycles. The Morgan fingerprint density at radius 3 is 0.929 bits per heavy atom. The van der Waals surface area contributed by atoms with Gasteiger partial charge in [-0.1, -0.05) is 261 Å².